The quantitative estimate of drug-likeness (QED) is 0.780. The van der Waals surface area contributed by atoms with Crippen LogP contribution in [0.25, 0.3) is 0 Å². The highest BCUT2D eigenvalue weighted by atomic mass is 19.1. The second kappa shape index (κ2) is 4.30. The van der Waals surface area contributed by atoms with Gasteiger partial charge in [0.25, 0.3) is 0 Å². The van der Waals surface area contributed by atoms with Gasteiger partial charge >= 0.3 is 6.03 Å². The first-order valence-corrected chi connectivity index (χ1v) is 4.97. The number of carbonyl (C=O) groups is 2. The molecule has 1 saturated heterocycles. The Morgan fingerprint density at radius 2 is 2.31 bits per heavy atom. The van der Waals surface area contributed by atoms with Gasteiger partial charge in [-0.25, -0.2) is 9.18 Å². The zero-order valence-corrected chi connectivity index (χ0v) is 8.57. The van der Waals surface area contributed by atoms with Gasteiger partial charge in [-0.3, -0.25) is 4.79 Å². The van der Waals surface area contributed by atoms with Crippen LogP contribution in [0.2, 0.25) is 0 Å². The Kier molecular flexibility index (Phi) is 2.85. The average Bonchev–Trinajstić information content (AvgIpc) is 2.68. The summed E-state index contributed by atoms with van der Waals surface area (Å²) >= 11 is 0. The molecule has 1 N–H and O–H groups in total. The van der Waals surface area contributed by atoms with Gasteiger partial charge in [0.2, 0.25) is 0 Å². The van der Waals surface area contributed by atoms with Gasteiger partial charge in [0.15, 0.2) is 6.29 Å². The molecule has 1 aromatic rings. The molecule has 1 aliphatic heterocycles. The fourth-order valence-corrected chi connectivity index (χ4v) is 1.68. The van der Waals surface area contributed by atoms with Crippen molar-refractivity contribution in [2.24, 2.45) is 0 Å². The van der Waals surface area contributed by atoms with E-state index in [4.69, 9.17) is 0 Å². The van der Waals surface area contributed by atoms with Crippen molar-refractivity contribution in [2.45, 2.75) is 6.54 Å². The van der Waals surface area contributed by atoms with E-state index in [-0.39, 0.29) is 18.1 Å². The fourth-order valence-electron chi connectivity index (χ4n) is 1.68. The fraction of sp³-hybridized carbons (Fsp3) is 0.273. The predicted octanol–water partition coefficient (Wildman–Crippen LogP) is 1.16. The van der Waals surface area contributed by atoms with Crippen molar-refractivity contribution in [1.29, 1.82) is 0 Å². The molecule has 0 atom stereocenters. The van der Waals surface area contributed by atoms with E-state index < -0.39 is 5.82 Å². The summed E-state index contributed by atoms with van der Waals surface area (Å²) in [5.41, 5.74) is 0.388. The van der Waals surface area contributed by atoms with Crippen LogP contribution in [0.5, 0.6) is 0 Å². The number of nitrogens with one attached hydrogen (secondary N) is 1. The van der Waals surface area contributed by atoms with Gasteiger partial charge < -0.3 is 10.2 Å². The van der Waals surface area contributed by atoms with Crippen molar-refractivity contribution in [1.82, 2.24) is 10.2 Å². The van der Waals surface area contributed by atoms with E-state index in [9.17, 15) is 14.0 Å². The third-order valence-corrected chi connectivity index (χ3v) is 2.54. The SMILES string of the molecule is O=Cc1cccc(CN2CCNC2=O)c1F. The molecule has 16 heavy (non-hydrogen) atoms. The molecular weight excluding hydrogens is 211 g/mol. The van der Waals surface area contributed by atoms with Crippen LogP contribution in [-0.2, 0) is 6.54 Å². The molecule has 84 valence electrons. The van der Waals surface area contributed by atoms with E-state index in [1.807, 2.05) is 0 Å². The van der Waals surface area contributed by atoms with E-state index in [1.165, 1.54) is 11.0 Å². The highest BCUT2D eigenvalue weighted by Crippen LogP contribution is 2.14. The highest BCUT2D eigenvalue weighted by Gasteiger charge is 2.21. The van der Waals surface area contributed by atoms with Crippen LogP contribution in [0, 0.1) is 5.82 Å². The molecule has 0 saturated carbocycles. The number of carbonyl (C=O) groups excluding carboxylic acids is 2. The number of rotatable bonds is 3. The summed E-state index contributed by atoms with van der Waals surface area (Å²) in [6.07, 6.45) is 0.475. The minimum atomic E-state index is -0.544. The summed E-state index contributed by atoms with van der Waals surface area (Å²) in [5, 5.41) is 2.63. The predicted molar refractivity (Wildman–Crippen MR) is 55.6 cm³/mol. The molecule has 5 heteroatoms. The first-order chi connectivity index (χ1) is 7.72. The number of nitrogens with zero attached hydrogens (tertiary/aromatic N) is 1. The summed E-state index contributed by atoms with van der Waals surface area (Å²) < 4.78 is 13.7. The van der Waals surface area contributed by atoms with E-state index in [2.05, 4.69) is 5.32 Å². The second-order valence-electron chi connectivity index (χ2n) is 3.59. The number of amides is 2. The summed E-state index contributed by atoms with van der Waals surface area (Å²) in [7, 11) is 0. The van der Waals surface area contributed by atoms with E-state index in [0.29, 0.717) is 24.9 Å². The van der Waals surface area contributed by atoms with Crippen molar-refractivity contribution < 1.29 is 14.0 Å². The van der Waals surface area contributed by atoms with Gasteiger partial charge in [0.1, 0.15) is 5.82 Å². The van der Waals surface area contributed by atoms with Crippen LogP contribution in [-0.4, -0.2) is 30.3 Å². The molecule has 1 fully saturated rings. The largest absolute Gasteiger partial charge is 0.336 e. The molecular formula is C11H11FN2O2. The van der Waals surface area contributed by atoms with Crippen LogP contribution < -0.4 is 5.32 Å². The Balaban J connectivity index is 2.21. The number of hydrogen-bond acceptors (Lipinski definition) is 2. The van der Waals surface area contributed by atoms with Gasteiger partial charge in [-0.15, -0.1) is 0 Å². The minimum absolute atomic E-state index is 0.0251. The standard InChI is InChI=1S/C11H11FN2O2/c12-10-8(2-1-3-9(10)7-15)6-14-5-4-13-11(14)16/h1-3,7H,4-6H2,(H,13,16). The second-order valence-corrected chi connectivity index (χ2v) is 3.59. The van der Waals surface area contributed by atoms with Crippen molar-refractivity contribution in [3.05, 3.63) is 35.1 Å². The lowest BCUT2D eigenvalue weighted by Gasteiger charge is -2.14. The Morgan fingerprint density at radius 3 is 2.94 bits per heavy atom. The van der Waals surface area contributed by atoms with Crippen molar-refractivity contribution in [2.75, 3.05) is 13.1 Å². The molecule has 4 nitrogen and oxygen atoms in total. The normalized spacial score (nSPS) is 15.1. The van der Waals surface area contributed by atoms with E-state index in [1.54, 1.807) is 12.1 Å². The molecule has 2 amide bonds. The summed E-state index contributed by atoms with van der Waals surface area (Å²) in [6.45, 7) is 1.33. The van der Waals surface area contributed by atoms with Gasteiger partial charge in [0.05, 0.1) is 12.1 Å². The molecule has 1 heterocycles. The number of halogens is 1. The van der Waals surface area contributed by atoms with E-state index in [0.717, 1.165) is 0 Å². The molecule has 0 spiro atoms. The molecule has 0 unspecified atom stereocenters. The molecule has 1 aliphatic rings. The number of urea groups is 1. The van der Waals surface area contributed by atoms with Crippen molar-refractivity contribution in [3.8, 4) is 0 Å². The minimum Gasteiger partial charge on any atom is -0.336 e. The lowest BCUT2D eigenvalue weighted by molar-refractivity contribution is 0.111. The molecule has 0 aliphatic carbocycles. The monoisotopic (exact) mass is 222 g/mol. The van der Waals surface area contributed by atoms with Crippen LogP contribution in [0.15, 0.2) is 18.2 Å². The van der Waals surface area contributed by atoms with Crippen LogP contribution >= 0.6 is 0 Å². The maximum Gasteiger partial charge on any atom is 0.317 e. The van der Waals surface area contributed by atoms with Crippen molar-refractivity contribution in [3.63, 3.8) is 0 Å². The van der Waals surface area contributed by atoms with Gasteiger partial charge in [-0.1, -0.05) is 12.1 Å². The molecule has 0 radical (unpaired) electrons. The van der Waals surface area contributed by atoms with Crippen molar-refractivity contribution >= 4 is 12.3 Å². The van der Waals surface area contributed by atoms with Crippen LogP contribution in [0.1, 0.15) is 15.9 Å². The average molecular weight is 222 g/mol. The first kappa shape index (κ1) is 10.6. The zero-order chi connectivity index (χ0) is 11.5. The maximum atomic E-state index is 13.7. The molecule has 0 aromatic heterocycles. The first-order valence-electron chi connectivity index (χ1n) is 4.97. The Bertz CT molecular complexity index is 434. The summed E-state index contributed by atoms with van der Waals surface area (Å²) in [4.78, 5) is 23.3. The smallest absolute Gasteiger partial charge is 0.317 e. The van der Waals surface area contributed by atoms with Gasteiger partial charge in [-0.05, 0) is 6.07 Å². The molecule has 1 aromatic carbocycles. The topological polar surface area (TPSA) is 49.4 Å². The molecule has 0 bridgehead atoms. The Labute approximate surface area is 92.0 Å². The Hall–Kier alpha value is -1.91. The number of hydrogen-bond donors (Lipinski definition) is 1. The van der Waals surface area contributed by atoms with Gasteiger partial charge in [-0.2, -0.15) is 0 Å². The third-order valence-electron chi connectivity index (χ3n) is 2.54. The van der Waals surface area contributed by atoms with E-state index >= 15 is 0 Å². The number of benzene rings is 1. The number of aldehydes is 1. The Morgan fingerprint density at radius 1 is 1.50 bits per heavy atom. The van der Waals surface area contributed by atoms with Crippen LogP contribution in [0.3, 0.4) is 0 Å². The highest BCUT2D eigenvalue weighted by molar-refractivity contribution is 5.77. The maximum absolute atomic E-state index is 13.7. The van der Waals surface area contributed by atoms with Gasteiger partial charge in [0, 0.05) is 18.7 Å². The van der Waals surface area contributed by atoms with Crippen LogP contribution in [0.4, 0.5) is 9.18 Å². The summed E-state index contributed by atoms with van der Waals surface area (Å²) in [6, 6.07) is 4.40. The zero-order valence-electron chi connectivity index (χ0n) is 8.57. The lowest BCUT2D eigenvalue weighted by Crippen LogP contribution is -2.28. The third kappa shape index (κ3) is 1.88. The molecule has 2 rings (SSSR count). The lowest BCUT2D eigenvalue weighted by atomic mass is 10.1. The summed E-state index contributed by atoms with van der Waals surface area (Å²) in [5.74, 6) is -0.544.